The minimum atomic E-state index is -3.92. The Bertz CT molecular complexity index is 1390. The molecule has 2 heterocycles. The van der Waals surface area contributed by atoms with E-state index in [4.69, 9.17) is 16.3 Å². The zero-order valence-electron chi connectivity index (χ0n) is 17.5. The van der Waals surface area contributed by atoms with E-state index in [0.29, 0.717) is 41.4 Å². The van der Waals surface area contributed by atoms with Crippen LogP contribution in [0.5, 0.6) is 5.75 Å². The summed E-state index contributed by atoms with van der Waals surface area (Å²) < 4.78 is 32.3. The maximum absolute atomic E-state index is 13.0. The number of rotatable bonds is 6. The summed E-state index contributed by atoms with van der Waals surface area (Å²) in [5.41, 5.74) is -0.193. The van der Waals surface area contributed by atoms with Crippen LogP contribution in [0.2, 0.25) is 5.02 Å². The lowest BCUT2D eigenvalue weighted by Gasteiger charge is -2.33. The van der Waals surface area contributed by atoms with Crippen LogP contribution in [0, 0.1) is 10.1 Å². The molecule has 0 radical (unpaired) electrons. The number of fused-ring (bicyclic) bond motifs is 1. The summed E-state index contributed by atoms with van der Waals surface area (Å²) >= 11 is 6.00. The van der Waals surface area contributed by atoms with Gasteiger partial charge in [0.2, 0.25) is 10.0 Å². The Morgan fingerprint density at radius 3 is 2.58 bits per heavy atom. The van der Waals surface area contributed by atoms with E-state index in [1.165, 1.54) is 23.5 Å². The van der Waals surface area contributed by atoms with Crippen LogP contribution in [0.4, 0.5) is 5.69 Å². The van der Waals surface area contributed by atoms with Gasteiger partial charge in [-0.25, -0.2) is 13.4 Å². The highest BCUT2D eigenvalue weighted by Gasteiger charge is 2.31. The molecule has 0 aliphatic carbocycles. The Labute approximate surface area is 193 Å². The number of halogens is 1. The number of piperazine rings is 1. The number of sulfonamides is 1. The third kappa shape index (κ3) is 4.69. The van der Waals surface area contributed by atoms with E-state index in [9.17, 15) is 23.3 Å². The maximum atomic E-state index is 13.0. The summed E-state index contributed by atoms with van der Waals surface area (Å²) in [6, 6.07) is 8.43. The van der Waals surface area contributed by atoms with Gasteiger partial charge in [0, 0.05) is 37.3 Å². The van der Waals surface area contributed by atoms with E-state index in [1.54, 1.807) is 18.2 Å². The predicted molar refractivity (Wildman–Crippen MR) is 121 cm³/mol. The van der Waals surface area contributed by atoms with Crippen LogP contribution >= 0.6 is 11.6 Å². The lowest BCUT2D eigenvalue weighted by Crippen LogP contribution is -2.48. The second-order valence-corrected chi connectivity index (χ2v) is 9.82. The van der Waals surface area contributed by atoms with E-state index >= 15 is 0 Å². The number of aromatic amines is 1. The summed E-state index contributed by atoms with van der Waals surface area (Å²) in [5, 5.41) is 12.2. The largest absolute Gasteiger partial charge is 0.490 e. The van der Waals surface area contributed by atoms with Crippen molar-refractivity contribution < 1.29 is 18.1 Å². The number of nitro benzene ring substituents is 1. The molecule has 0 saturated carbocycles. The van der Waals surface area contributed by atoms with Gasteiger partial charge in [-0.3, -0.25) is 19.8 Å². The number of nitro groups is 1. The van der Waals surface area contributed by atoms with E-state index in [2.05, 4.69) is 9.97 Å². The Kier molecular flexibility index (Phi) is 6.34. The zero-order valence-corrected chi connectivity index (χ0v) is 19.1. The smallest absolute Gasteiger partial charge is 0.312 e. The Hall–Kier alpha value is -3.06. The number of benzene rings is 2. The van der Waals surface area contributed by atoms with Gasteiger partial charge in [0.25, 0.3) is 5.56 Å². The van der Waals surface area contributed by atoms with Gasteiger partial charge in [-0.15, -0.1) is 0 Å². The standard InChI is InChI=1S/C20H20ClN5O6S/c1-32-18-5-3-14(11-17(18)26(28)29)33(30,31)25-8-6-24(7-9-25)12-19-22-16-10-13(21)2-4-15(16)20(27)23-19/h2-5,10-11H,6-9,12H2,1H3,(H,22,23,27). The molecule has 1 aliphatic heterocycles. The van der Waals surface area contributed by atoms with Gasteiger partial charge in [-0.1, -0.05) is 11.6 Å². The Morgan fingerprint density at radius 2 is 1.91 bits per heavy atom. The van der Waals surface area contributed by atoms with Crippen LogP contribution < -0.4 is 10.3 Å². The molecule has 0 unspecified atom stereocenters. The van der Waals surface area contributed by atoms with Crippen LogP contribution in [0.3, 0.4) is 0 Å². The number of hydrogen-bond donors (Lipinski definition) is 1. The molecule has 1 aliphatic rings. The molecule has 0 atom stereocenters. The van der Waals surface area contributed by atoms with Crippen molar-refractivity contribution in [2.45, 2.75) is 11.4 Å². The highest BCUT2D eigenvalue weighted by Crippen LogP contribution is 2.30. The summed E-state index contributed by atoms with van der Waals surface area (Å²) in [4.78, 5) is 31.9. The number of hydrogen-bond acceptors (Lipinski definition) is 8. The number of ether oxygens (including phenoxy) is 1. The molecule has 4 rings (SSSR count). The van der Waals surface area contributed by atoms with E-state index in [0.717, 1.165) is 6.07 Å². The molecule has 2 aromatic carbocycles. The number of nitrogens with one attached hydrogen (secondary N) is 1. The predicted octanol–water partition coefficient (Wildman–Crippen LogP) is 2.00. The first-order valence-electron chi connectivity index (χ1n) is 9.92. The van der Waals surface area contributed by atoms with E-state index < -0.39 is 20.6 Å². The number of H-pyrrole nitrogens is 1. The molecule has 1 saturated heterocycles. The van der Waals surface area contributed by atoms with Crippen molar-refractivity contribution in [1.82, 2.24) is 19.2 Å². The third-order valence-electron chi connectivity index (χ3n) is 5.41. The normalized spacial score (nSPS) is 15.6. The summed E-state index contributed by atoms with van der Waals surface area (Å²) in [6.45, 7) is 1.50. The van der Waals surface area contributed by atoms with E-state index in [-0.39, 0.29) is 29.3 Å². The quantitative estimate of drug-likeness (QED) is 0.406. The molecule has 0 spiro atoms. The Morgan fingerprint density at radius 1 is 1.18 bits per heavy atom. The molecule has 174 valence electrons. The van der Waals surface area contributed by atoms with Gasteiger partial charge in [0.1, 0.15) is 5.82 Å². The molecule has 0 amide bonds. The fourth-order valence-corrected chi connectivity index (χ4v) is 5.31. The van der Waals surface area contributed by atoms with Crippen molar-refractivity contribution in [3.05, 3.63) is 67.7 Å². The molecular formula is C20H20ClN5O6S. The van der Waals surface area contributed by atoms with Crippen LogP contribution in [-0.2, 0) is 16.6 Å². The first kappa shape index (κ1) is 23.1. The third-order valence-corrected chi connectivity index (χ3v) is 7.54. The van der Waals surface area contributed by atoms with Gasteiger partial charge >= 0.3 is 5.69 Å². The van der Waals surface area contributed by atoms with Crippen molar-refractivity contribution in [2.75, 3.05) is 33.3 Å². The SMILES string of the molecule is COc1ccc(S(=O)(=O)N2CCN(Cc3nc4cc(Cl)ccc4c(=O)[nH]3)CC2)cc1[N+](=O)[O-]. The van der Waals surface area contributed by atoms with Crippen molar-refractivity contribution in [3.8, 4) is 5.75 Å². The van der Waals surface area contributed by atoms with Crippen LogP contribution in [0.15, 0.2) is 46.1 Å². The topological polar surface area (TPSA) is 139 Å². The summed E-state index contributed by atoms with van der Waals surface area (Å²) in [7, 11) is -2.64. The lowest BCUT2D eigenvalue weighted by atomic mass is 10.2. The van der Waals surface area contributed by atoms with E-state index in [1.807, 2.05) is 4.90 Å². The molecule has 33 heavy (non-hydrogen) atoms. The van der Waals surface area contributed by atoms with Gasteiger partial charge < -0.3 is 9.72 Å². The molecule has 0 bridgehead atoms. The van der Waals surface area contributed by atoms with Gasteiger partial charge in [0.15, 0.2) is 5.75 Å². The molecule has 1 aromatic heterocycles. The van der Waals surface area contributed by atoms with Crippen molar-refractivity contribution in [2.24, 2.45) is 0 Å². The lowest BCUT2D eigenvalue weighted by molar-refractivity contribution is -0.386. The molecule has 1 N–H and O–H groups in total. The van der Waals surface area contributed by atoms with Crippen molar-refractivity contribution in [3.63, 3.8) is 0 Å². The highest BCUT2D eigenvalue weighted by atomic mass is 35.5. The van der Waals surface area contributed by atoms with Gasteiger partial charge in [0.05, 0.1) is 34.4 Å². The first-order chi connectivity index (χ1) is 15.7. The fraction of sp³-hybridized carbons (Fsp3) is 0.300. The minimum absolute atomic E-state index is 0.0121. The van der Waals surface area contributed by atoms with Crippen molar-refractivity contribution in [1.29, 1.82) is 0 Å². The number of aromatic nitrogens is 2. The number of nitrogens with zero attached hydrogens (tertiary/aromatic N) is 4. The summed E-state index contributed by atoms with van der Waals surface area (Å²) in [5.74, 6) is 0.443. The Balaban J connectivity index is 1.48. The second kappa shape index (κ2) is 9.06. The van der Waals surface area contributed by atoms with Gasteiger partial charge in [-0.2, -0.15) is 4.31 Å². The van der Waals surface area contributed by atoms with Crippen LogP contribution in [0.25, 0.3) is 10.9 Å². The van der Waals surface area contributed by atoms with Gasteiger partial charge in [-0.05, 0) is 30.3 Å². The zero-order chi connectivity index (χ0) is 23.8. The fourth-order valence-electron chi connectivity index (χ4n) is 3.70. The van der Waals surface area contributed by atoms with Crippen molar-refractivity contribution >= 4 is 38.2 Å². The molecule has 13 heteroatoms. The molecular weight excluding hydrogens is 474 g/mol. The average molecular weight is 494 g/mol. The first-order valence-corrected chi connectivity index (χ1v) is 11.7. The summed E-state index contributed by atoms with van der Waals surface area (Å²) in [6.07, 6.45) is 0. The molecule has 3 aromatic rings. The molecule has 11 nitrogen and oxygen atoms in total. The highest BCUT2D eigenvalue weighted by molar-refractivity contribution is 7.89. The monoisotopic (exact) mass is 493 g/mol. The van der Waals surface area contributed by atoms with Crippen LogP contribution in [0.1, 0.15) is 5.82 Å². The second-order valence-electron chi connectivity index (χ2n) is 7.45. The number of methoxy groups -OCH3 is 1. The average Bonchev–Trinajstić information content (AvgIpc) is 2.78. The van der Waals surface area contributed by atoms with Crippen LogP contribution in [-0.4, -0.2) is 65.8 Å². The minimum Gasteiger partial charge on any atom is -0.490 e. The maximum Gasteiger partial charge on any atom is 0.312 e. The molecule has 1 fully saturated rings.